The summed E-state index contributed by atoms with van der Waals surface area (Å²) >= 11 is 1.60. The van der Waals surface area contributed by atoms with Crippen LogP contribution in [0, 0.1) is 6.92 Å². The fourth-order valence-corrected chi connectivity index (χ4v) is 4.92. The molecule has 1 fully saturated rings. The third kappa shape index (κ3) is 4.73. The van der Waals surface area contributed by atoms with Crippen LogP contribution in [0.2, 0.25) is 0 Å². The molecule has 1 N–H and O–H groups in total. The monoisotopic (exact) mass is 444 g/mol. The predicted octanol–water partition coefficient (Wildman–Crippen LogP) is 6.32. The Hall–Kier alpha value is -3.05. The van der Waals surface area contributed by atoms with Crippen molar-refractivity contribution in [3.8, 4) is 0 Å². The number of carbonyl (C=O) groups is 2. The minimum Gasteiger partial charge on any atom is -0.322 e. The number of nitrogens with one attached hydrogen (secondary N) is 1. The number of hydrogen-bond acceptors (Lipinski definition) is 3. The highest BCUT2D eigenvalue weighted by molar-refractivity contribution is 8.00. The van der Waals surface area contributed by atoms with Gasteiger partial charge in [-0.25, -0.2) is 0 Å². The summed E-state index contributed by atoms with van der Waals surface area (Å²) in [5.74, 6) is 0.389. The van der Waals surface area contributed by atoms with Gasteiger partial charge in [0.25, 0.3) is 5.91 Å². The lowest BCUT2D eigenvalue weighted by molar-refractivity contribution is -0.115. The molecule has 3 aromatic rings. The van der Waals surface area contributed by atoms with E-state index in [1.54, 1.807) is 11.8 Å². The highest BCUT2D eigenvalue weighted by Crippen LogP contribution is 2.42. The number of carbonyl (C=O) groups excluding carboxylic acids is 2. The molecular weight excluding hydrogens is 416 g/mol. The lowest BCUT2D eigenvalue weighted by Crippen LogP contribution is -2.27. The average Bonchev–Trinajstić information content (AvgIpc) is 3.15. The number of anilines is 2. The van der Waals surface area contributed by atoms with E-state index in [0.29, 0.717) is 11.3 Å². The first-order valence-electron chi connectivity index (χ1n) is 10.7. The quantitative estimate of drug-likeness (QED) is 0.512. The van der Waals surface area contributed by atoms with Crippen LogP contribution in [0.15, 0.2) is 72.8 Å². The zero-order valence-electron chi connectivity index (χ0n) is 18.9. The molecule has 1 saturated heterocycles. The maximum Gasteiger partial charge on any atom is 0.255 e. The lowest BCUT2D eigenvalue weighted by atomic mass is 9.87. The number of aryl methyl sites for hydroxylation is 1. The van der Waals surface area contributed by atoms with Gasteiger partial charge >= 0.3 is 0 Å². The zero-order chi connectivity index (χ0) is 22.9. The normalized spacial score (nSPS) is 16.3. The van der Waals surface area contributed by atoms with Gasteiger partial charge in [0.15, 0.2) is 0 Å². The van der Waals surface area contributed by atoms with Gasteiger partial charge in [0.2, 0.25) is 5.91 Å². The molecule has 0 aliphatic carbocycles. The van der Waals surface area contributed by atoms with Crippen LogP contribution in [-0.4, -0.2) is 17.6 Å². The van der Waals surface area contributed by atoms with E-state index < -0.39 is 0 Å². The van der Waals surface area contributed by atoms with Crippen LogP contribution in [0.5, 0.6) is 0 Å². The van der Waals surface area contributed by atoms with E-state index in [0.717, 1.165) is 22.5 Å². The molecule has 4 nitrogen and oxygen atoms in total. The maximum atomic E-state index is 12.8. The Morgan fingerprint density at radius 1 is 1.00 bits per heavy atom. The van der Waals surface area contributed by atoms with Gasteiger partial charge in [0, 0.05) is 16.9 Å². The summed E-state index contributed by atoms with van der Waals surface area (Å²) in [7, 11) is 0. The van der Waals surface area contributed by atoms with Crippen LogP contribution in [-0.2, 0) is 10.2 Å². The minimum atomic E-state index is -0.145. The molecule has 0 spiro atoms. The van der Waals surface area contributed by atoms with E-state index in [4.69, 9.17) is 0 Å². The molecule has 32 heavy (non-hydrogen) atoms. The maximum absolute atomic E-state index is 12.8. The Bertz CT molecular complexity index is 1130. The van der Waals surface area contributed by atoms with Gasteiger partial charge in [-0.15, -0.1) is 11.8 Å². The van der Waals surface area contributed by atoms with Gasteiger partial charge in [-0.3, -0.25) is 14.5 Å². The summed E-state index contributed by atoms with van der Waals surface area (Å²) in [6.45, 7) is 8.49. The Kier molecular flexibility index (Phi) is 6.11. The Morgan fingerprint density at radius 2 is 1.69 bits per heavy atom. The summed E-state index contributed by atoms with van der Waals surface area (Å²) in [6.07, 6.45) is 0. The van der Waals surface area contributed by atoms with E-state index in [1.165, 1.54) is 5.56 Å². The van der Waals surface area contributed by atoms with Crippen LogP contribution in [0.4, 0.5) is 11.4 Å². The van der Waals surface area contributed by atoms with Crippen LogP contribution < -0.4 is 10.2 Å². The fraction of sp³-hybridized carbons (Fsp3) is 0.259. The molecular formula is C27H28N2O2S. The number of nitrogens with zero attached hydrogens (tertiary/aromatic N) is 1. The number of rotatable bonds is 4. The summed E-state index contributed by atoms with van der Waals surface area (Å²) in [6, 6.07) is 23.5. The second-order valence-electron chi connectivity index (χ2n) is 9.17. The van der Waals surface area contributed by atoms with Crippen molar-refractivity contribution >= 4 is 35.0 Å². The van der Waals surface area contributed by atoms with E-state index in [1.807, 2.05) is 84.6 Å². The fourth-order valence-electron chi connectivity index (χ4n) is 3.75. The first kappa shape index (κ1) is 22.2. The molecule has 1 aliphatic rings. The van der Waals surface area contributed by atoms with Gasteiger partial charge in [0.05, 0.1) is 5.75 Å². The molecule has 1 aliphatic heterocycles. The molecule has 2 amide bonds. The molecule has 4 rings (SSSR count). The molecule has 3 aromatic carbocycles. The van der Waals surface area contributed by atoms with Gasteiger partial charge in [0.1, 0.15) is 5.37 Å². The van der Waals surface area contributed by atoms with Crippen molar-refractivity contribution in [2.45, 2.75) is 38.5 Å². The second-order valence-corrected chi connectivity index (χ2v) is 10.2. The van der Waals surface area contributed by atoms with E-state index in [2.05, 4.69) is 26.1 Å². The van der Waals surface area contributed by atoms with Gasteiger partial charge in [-0.1, -0.05) is 62.7 Å². The third-order valence-electron chi connectivity index (χ3n) is 5.62. The molecule has 1 atom stereocenters. The molecule has 164 valence electrons. The van der Waals surface area contributed by atoms with Crippen LogP contribution in [0.1, 0.15) is 53.2 Å². The first-order chi connectivity index (χ1) is 15.2. The molecule has 0 saturated carbocycles. The zero-order valence-corrected chi connectivity index (χ0v) is 19.7. The molecule has 0 aromatic heterocycles. The largest absolute Gasteiger partial charge is 0.322 e. The van der Waals surface area contributed by atoms with Gasteiger partial charge in [-0.2, -0.15) is 0 Å². The number of amides is 2. The van der Waals surface area contributed by atoms with Crippen molar-refractivity contribution in [1.82, 2.24) is 0 Å². The molecule has 1 heterocycles. The summed E-state index contributed by atoms with van der Waals surface area (Å²) in [5, 5.41) is 2.88. The van der Waals surface area contributed by atoms with Crippen LogP contribution in [0.25, 0.3) is 0 Å². The standard InChI is InChI=1S/C27H28N2O2S/c1-18-8-14-23(15-9-18)29-24(30)17-32-26(29)20-6-5-7-22(16-20)28-25(31)19-10-12-21(13-11-19)27(2,3)4/h5-16,26H,17H2,1-4H3,(H,28,31)/t26-/m0/s1. The van der Waals surface area contributed by atoms with Crippen molar-refractivity contribution in [2.75, 3.05) is 16.0 Å². The topological polar surface area (TPSA) is 49.4 Å². The Labute approximate surface area is 194 Å². The van der Waals surface area contributed by atoms with E-state index >= 15 is 0 Å². The molecule has 0 unspecified atom stereocenters. The molecule has 5 heteroatoms. The minimum absolute atomic E-state index is 0.0447. The molecule has 0 bridgehead atoms. The highest BCUT2D eigenvalue weighted by Gasteiger charge is 2.34. The van der Waals surface area contributed by atoms with E-state index in [-0.39, 0.29) is 22.6 Å². The van der Waals surface area contributed by atoms with Crippen LogP contribution >= 0.6 is 11.8 Å². The summed E-state index contributed by atoms with van der Waals surface area (Å²) in [4.78, 5) is 27.3. The van der Waals surface area contributed by atoms with Crippen LogP contribution in [0.3, 0.4) is 0 Å². The summed E-state index contributed by atoms with van der Waals surface area (Å²) in [5.41, 5.74) is 5.61. The number of benzene rings is 3. The van der Waals surface area contributed by atoms with Crippen molar-refractivity contribution in [2.24, 2.45) is 0 Å². The lowest BCUT2D eigenvalue weighted by Gasteiger charge is -2.25. The predicted molar refractivity (Wildman–Crippen MR) is 133 cm³/mol. The Morgan fingerprint density at radius 3 is 2.34 bits per heavy atom. The Balaban J connectivity index is 1.53. The number of hydrogen-bond donors (Lipinski definition) is 1. The van der Waals surface area contributed by atoms with Gasteiger partial charge in [-0.05, 0) is 59.9 Å². The van der Waals surface area contributed by atoms with E-state index in [9.17, 15) is 9.59 Å². The van der Waals surface area contributed by atoms with Gasteiger partial charge < -0.3 is 5.32 Å². The van der Waals surface area contributed by atoms with Crippen molar-refractivity contribution in [1.29, 1.82) is 0 Å². The number of thioether (sulfide) groups is 1. The third-order valence-corrected chi connectivity index (χ3v) is 6.84. The summed E-state index contributed by atoms with van der Waals surface area (Å²) < 4.78 is 0. The van der Waals surface area contributed by atoms with Crippen molar-refractivity contribution < 1.29 is 9.59 Å². The highest BCUT2D eigenvalue weighted by atomic mass is 32.2. The van der Waals surface area contributed by atoms with Crippen molar-refractivity contribution in [3.63, 3.8) is 0 Å². The smallest absolute Gasteiger partial charge is 0.255 e. The first-order valence-corrected chi connectivity index (χ1v) is 11.8. The SMILES string of the molecule is Cc1ccc(N2C(=O)CS[C@H]2c2cccc(NC(=O)c3ccc(C(C)(C)C)cc3)c2)cc1. The average molecular weight is 445 g/mol. The second kappa shape index (κ2) is 8.83. The van der Waals surface area contributed by atoms with Crippen molar-refractivity contribution in [3.05, 3.63) is 95.1 Å². The molecule has 0 radical (unpaired) electrons.